The van der Waals surface area contributed by atoms with Gasteiger partial charge in [0.25, 0.3) is 0 Å². The maximum atomic E-state index is 2.38. The largest absolute Gasteiger partial charge is 0.310 e. The Morgan fingerprint density at radius 2 is 1.59 bits per heavy atom. The molecule has 2 aromatic rings. The van der Waals surface area contributed by atoms with E-state index in [9.17, 15) is 0 Å². The summed E-state index contributed by atoms with van der Waals surface area (Å²) in [6, 6.07) is 19.3. The van der Waals surface area contributed by atoms with Crippen LogP contribution in [0.2, 0.25) is 0 Å². The van der Waals surface area contributed by atoms with Gasteiger partial charge < -0.3 is 4.90 Å². The maximum Gasteiger partial charge on any atom is 0.0534 e. The van der Waals surface area contributed by atoms with Crippen LogP contribution in [0.25, 0.3) is 6.08 Å². The number of allylic oxidation sites excluding steroid dienone is 4. The third-order valence-corrected chi connectivity index (χ3v) is 4.69. The zero-order valence-electron chi connectivity index (χ0n) is 13.0. The number of hydrogen-bond acceptors (Lipinski definition) is 1. The lowest BCUT2D eigenvalue weighted by Gasteiger charge is -2.37. The average molecular weight is 285 g/mol. The Kier molecular flexibility index (Phi) is 3.00. The molecule has 0 aromatic heterocycles. The van der Waals surface area contributed by atoms with Crippen molar-refractivity contribution in [2.75, 3.05) is 4.90 Å². The first-order valence-corrected chi connectivity index (χ1v) is 7.80. The molecule has 4 rings (SSSR count). The summed E-state index contributed by atoms with van der Waals surface area (Å²) in [4.78, 5) is 2.38. The van der Waals surface area contributed by atoms with Crippen LogP contribution in [0.4, 0.5) is 11.4 Å². The lowest BCUT2D eigenvalue weighted by atomic mass is 9.83. The summed E-state index contributed by atoms with van der Waals surface area (Å²) in [7, 11) is 0. The Morgan fingerprint density at radius 1 is 0.864 bits per heavy atom. The van der Waals surface area contributed by atoms with Gasteiger partial charge in [-0.15, -0.1) is 0 Å². The van der Waals surface area contributed by atoms with E-state index in [0.717, 1.165) is 0 Å². The molecule has 1 unspecified atom stereocenters. The number of rotatable bonds is 1. The first kappa shape index (κ1) is 13.1. The van der Waals surface area contributed by atoms with Crippen LogP contribution < -0.4 is 4.90 Å². The third kappa shape index (κ3) is 1.93. The molecule has 0 spiro atoms. The molecule has 1 atom stereocenters. The SMILES string of the molecule is CC1=CC=C2C(=Cc3ccccc3N2c2ccccc2)C1C. The van der Waals surface area contributed by atoms with Gasteiger partial charge in [0.1, 0.15) is 0 Å². The molecular weight excluding hydrogens is 266 g/mol. The molecular formula is C21H19N. The van der Waals surface area contributed by atoms with Crippen molar-refractivity contribution in [2.45, 2.75) is 13.8 Å². The zero-order valence-corrected chi connectivity index (χ0v) is 13.0. The van der Waals surface area contributed by atoms with Crippen molar-refractivity contribution in [3.05, 3.63) is 89.2 Å². The number of nitrogens with zero attached hydrogens (tertiary/aromatic N) is 1. The van der Waals surface area contributed by atoms with Crippen LogP contribution in [0.15, 0.2) is 83.6 Å². The lowest BCUT2D eigenvalue weighted by molar-refractivity contribution is 0.792. The Hall–Kier alpha value is -2.54. The number of para-hydroxylation sites is 2. The van der Waals surface area contributed by atoms with E-state index in [-0.39, 0.29) is 0 Å². The highest BCUT2D eigenvalue weighted by atomic mass is 15.2. The van der Waals surface area contributed by atoms with Gasteiger partial charge in [-0.3, -0.25) is 0 Å². The second-order valence-corrected chi connectivity index (χ2v) is 6.01. The van der Waals surface area contributed by atoms with Crippen molar-refractivity contribution in [1.82, 2.24) is 0 Å². The summed E-state index contributed by atoms with van der Waals surface area (Å²) < 4.78 is 0. The molecule has 1 nitrogen and oxygen atoms in total. The summed E-state index contributed by atoms with van der Waals surface area (Å²) >= 11 is 0. The van der Waals surface area contributed by atoms with Gasteiger partial charge in [0.15, 0.2) is 0 Å². The predicted molar refractivity (Wildman–Crippen MR) is 94.0 cm³/mol. The van der Waals surface area contributed by atoms with Crippen molar-refractivity contribution < 1.29 is 0 Å². The molecule has 108 valence electrons. The van der Waals surface area contributed by atoms with Gasteiger partial charge in [-0.25, -0.2) is 0 Å². The van der Waals surface area contributed by atoms with Crippen LogP contribution in [0.3, 0.4) is 0 Å². The average Bonchev–Trinajstić information content (AvgIpc) is 2.57. The van der Waals surface area contributed by atoms with Crippen LogP contribution in [-0.2, 0) is 0 Å². The fourth-order valence-electron chi connectivity index (χ4n) is 3.29. The molecule has 0 fully saturated rings. The van der Waals surface area contributed by atoms with Gasteiger partial charge in [-0.2, -0.15) is 0 Å². The molecule has 0 N–H and O–H groups in total. The minimum atomic E-state index is 0.458. The van der Waals surface area contributed by atoms with E-state index in [2.05, 4.69) is 91.6 Å². The van der Waals surface area contributed by atoms with Gasteiger partial charge in [0.05, 0.1) is 5.69 Å². The van der Waals surface area contributed by atoms with Crippen LogP contribution in [0, 0.1) is 5.92 Å². The normalized spacial score (nSPS) is 19.6. The van der Waals surface area contributed by atoms with E-state index in [0.29, 0.717) is 5.92 Å². The van der Waals surface area contributed by atoms with Gasteiger partial charge >= 0.3 is 0 Å². The highest BCUT2D eigenvalue weighted by Gasteiger charge is 2.29. The Balaban J connectivity index is 1.97. The van der Waals surface area contributed by atoms with Crippen LogP contribution in [0.5, 0.6) is 0 Å². The first-order valence-electron chi connectivity index (χ1n) is 7.80. The number of fused-ring (bicyclic) bond motifs is 2. The Labute approximate surface area is 131 Å². The lowest BCUT2D eigenvalue weighted by Crippen LogP contribution is -2.26. The summed E-state index contributed by atoms with van der Waals surface area (Å²) in [5.74, 6) is 0.458. The quantitative estimate of drug-likeness (QED) is 0.649. The second-order valence-electron chi connectivity index (χ2n) is 6.01. The van der Waals surface area contributed by atoms with E-state index in [1.54, 1.807) is 0 Å². The molecule has 0 saturated heterocycles. The number of benzene rings is 2. The zero-order chi connectivity index (χ0) is 15.1. The summed E-state index contributed by atoms with van der Waals surface area (Å²) in [6.45, 7) is 4.51. The molecule has 0 radical (unpaired) electrons. The molecule has 2 aromatic carbocycles. The summed E-state index contributed by atoms with van der Waals surface area (Å²) in [5, 5.41) is 0. The van der Waals surface area contributed by atoms with Gasteiger partial charge in [-0.1, -0.05) is 55.0 Å². The number of hydrogen-bond donors (Lipinski definition) is 0. The molecule has 0 amide bonds. The monoisotopic (exact) mass is 285 g/mol. The molecule has 0 bridgehead atoms. The van der Waals surface area contributed by atoms with Gasteiger partial charge in [-0.05, 0) is 48.4 Å². The van der Waals surface area contributed by atoms with Gasteiger partial charge in [0, 0.05) is 17.3 Å². The predicted octanol–water partition coefficient (Wildman–Crippen LogP) is 5.70. The summed E-state index contributed by atoms with van der Waals surface area (Å²) in [5.41, 5.74) is 7.88. The Bertz CT molecular complexity index is 809. The molecule has 2 aliphatic rings. The van der Waals surface area contributed by atoms with Crippen LogP contribution >= 0.6 is 0 Å². The van der Waals surface area contributed by atoms with E-state index < -0.39 is 0 Å². The van der Waals surface area contributed by atoms with Crippen molar-refractivity contribution in [3.63, 3.8) is 0 Å². The standard InChI is InChI=1S/C21H19N/c1-15-12-13-21-19(16(15)2)14-17-8-6-7-11-20(17)22(21)18-9-4-3-5-10-18/h3-14,16H,1-2H3. The maximum absolute atomic E-state index is 2.38. The molecule has 1 heteroatoms. The molecule has 0 saturated carbocycles. The molecule has 1 aliphatic heterocycles. The fraction of sp³-hybridized carbons (Fsp3) is 0.143. The minimum Gasteiger partial charge on any atom is -0.310 e. The molecule has 1 heterocycles. The van der Waals surface area contributed by atoms with Gasteiger partial charge in [0.2, 0.25) is 0 Å². The minimum absolute atomic E-state index is 0.458. The topological polar surface area (TPSA) is 3.24 Å². The fourth-order valence-corrected chi connectivity index (χ4v) is 3.29. The van der Waals surface area contributed by atoms with E-state index in [1.807, 2.05) is 0 Å². The smallest absolute Gasteiger partial charge is 0.0534 e. The number of anilines is 2. The van der Waals surface area contributed by atoms with Crippen molar-refractivity contribution >= 4 is 17.5 Å². The van der Waals surface area contributed by atoms with Crippen LogP contribution in [0.1, 0.15) is 19.4 Å². The highest BCUT2D eigenvalue weighted by Crippen LogP contribution is 2.45. The molecule has 22 heavy (non-hydrogen) atoms. The van der Waals surface area contributed by atoms with E-state index >= 15 is 0 Å². The Morgan fingerprint density at radius 3 is 2.41 bits per heavy atom. The first-order chi connectivity index (χ1) is 10.8. The second kappa shape index (κ2) is 5.03. The van der Waals surface area contributed by atoms with E-state index in [1.165, 1.54) is 33.8 Å². The van der Waals surface area contributed by atoms with Crippen molar-refractivity contribution in [1.29, 1.82) is 0 Å². The highest BCUT2D eigenvalue weighted by molar-refractivity contribution is 5.86. The summed E-state index contributed by atoms with van der Waals surface area (Å²) in [6.07, 6.45) is 6.85. The van der Waals surface area contributed by atoms with E-state index in [4.69, 9.17) is 0 Å². The van der Waals surface area contributed by atoms with Crippen molar-refractivity contribution in [3.8, 4) is 0 Å². The third-order valence-electron chi connectivity index (χ3n) is 4.69. The van der Waals surface area contributed by atoms with Crippen LogP contribution in [-0.4, -0.2) is 0 Å². The molecule has 1 aliphatic carbocycles. The van der Waals surface area contributed by atoms with Crippen molar-refractivity contribution in [2.24, 2.45) is 5.92 Å².